The highest BCUT2D eigenvalue weighted by Crippen LogP contribution is 2.31. The molecule has 186 valence electrons. The van der Waals surface area contributed by atoms with Gasteiger partial charge < -0.3 is 5.32 Å². The number of hydrogen-bond donors (Lipinski definition) is 1. The molecule has 0 saturated heterocycles. The van der Waals surface area contributed by atoms with Gasteiger partial charge in [0, 0.05) is 11.4 Å². The van der Waals surface area contributed by atoms with E-state index in [1.807, 2.05) is 0 Å². The van der Waals surface area contributed by atoms with Gasteiger partial charge in [-0.15, -0.1) is 10.2 Å². The Morgan fingerprint density at radius 1 is 0.917 bits per heavy atom. The van der Waals surface area contributed by atoms with Gasteiger partial charge in [0.05, 0.1) is 16.2 Å². The molecule has 4 rings (SSSR count). The van der Waals surface area contributed by atoms with Crippen LogP contribution in [0.5, 0.6) is 0 Å². The number of halogens is 3. The van der Waals surface area contributed by atoms with Crippen molar-refractivity contribution in [1.29, 1.82) is 0 Å². The molecule has 4 aromatic rings. The van der Waals surface area contributed by atoms with Crippen LogP contribution in [0.1, 0.15) is 11.4 Å². The number of carbonyl (C=O) groups excluding carboxylic acids is 1. The van der Waals surface area contributed by atoms with Crippen LogP contribution < -0.4 is 5.32 Å². The van der Waals surface area contributed by atoms with Crippen LogP contribution >= 0.6 is 11.8 Å². The number of benzene rings is 3. The van der Waals surface area contributed by atoms with Gasteiger partial charge in [-0.05, 0) is 42.5 Å². The summed E-state index contributed by atoms with van der Waals surface area (Å²) >= 11 is 0.982. The minimum atomic E-state index is -4.53. The molecule has 0 saturated carbocycles. The third-order valence-electron chi connectivity index (χ3n) is 4.94. The quantitative estimate of drug-likeness (QED) is 0.322. The molecule has 3 aromatic carbocycles. The average Bonchev–Trinajstić information content (AvgIpc) is 3.25. The van der Waals surface area contributed by atoms with Crippen LogP contribution in [0.3, 0.4) is 0 Å². The Morgan fingerprint density at radius 2 is 1.58 bits per heavy atom. The van der Waals surface area contributed by atoms with E-state index >= 15 is 0 Å². The van der Waals surface area contributed by atoms with Crippen molar-refractivity contribution in [3.8, 4) is 5.69 Å². The van der Waals surface area contributed by atoms with Crippen molar-refractivity contribution in [3.05, 3.63) is 96.3 Å². The highest BCUT2D eigenvalue weighted by atomic mass is 32.2. The van der Waals surface area contributed by atoms with Crippen molar-refractivity contribution in [2.75, 3.05) is 11.1 Å². The first-order valence-electron chi connectivity index (χ1n) is 10.5. The van der Waals surface area contributed by atoms with Crippen molar-refractivity contribution in [3.63, 3.8) is 0 Å². The normalized spacial score (nSPS) is 11.9. The summed E-state index contributed by atoms with van der Waals surface area (Å²) in [5.74, 6) is -1.01. The van der Waals surface area contributed by atoms with Crippen molar-refractivity contribution in [2.24, 2.45) is 0 Å². The lowest BCUT2D eigenvalue weighted by molar-refractivity contribution is -0.137. The standard InChI is InChI=1S/C24H19F3N4O3S2/c25-24(26,27)17-8-7-9-18(14-17)28-22(32)15-35-23-30-29-21(31(23)19-10-3-1-4-11-19)16-36(33,34)20-12-5-2-6-13-20/h1-14H,15-16H2,(H,28,32). The predicted molar refractivity (Wildman–Crippen MR) is 129 cm³/mol. The van der Waals surface area contributed by atoms with E-state index in [0.29, 0.717) is 5.69 Å². The number of anilines is 1. The number of thioether (sulfide) groups is 1. The molecule has 0 atom stereocenters. The molecule has 12 heteroatoms. The molecule has 1 heterocycles. The number of rotatable bonds is 8. The van der Waals surface area contributed by atoms with Crippen LogP contribution in [0, 0.1) is 0 Å². The summed E-state index contributed by atoms with van der Waals surface area (Å²) < 4.78 is 66.2. The third-order valence-corrected chi connectivity index (χ3v) is 7.50. The van der Waals surface area contributed by atoms with E-state index in [-0.39, 0.29) is 27.3 Å². The molecule has 1 amide bonds. The molecule has 0 spiro atoms. The van der Waals surface area contributed by atoms with Gasteiger partial charge in [-0.2, -0.15) is 13.2 Å². The fourth-order valence-electron chi connectivity index (χ4n) is 3.31. The molecule has 0 bridgehead atoms. The van der Waals surface area contributed by atoms with Crippen LogP contribution in [0.2, 0.25) is 0 Å². The fraction of sp³-hybridized carbons (Fsp3) is 0.125. The highest BCUT2D eigenvalue weighted by Gasteiger charge is 2.30. The molecule has 0 radical (unpaired) electrons. The van der Waals surface area contributed by atoms with E-state index in [9.17, 15) is 26.4 Å². The minimum absolute atomic E-state index is 0.00888. The lowest BCUT2D eigenvalue weighted by Gasteiger charge is -2.11. The average molecular weight is 533 g/mol. The van der Waals surface area contributed by atoms with Crippen LogP contribution in [-0.4, -0.2) is 34.8 Å². The number of hydrogen-bond acceptors (Lipinski definition) is 6. The molecule has 1 N–H and O–H groups in total. The van der Waals surface area contributed by atoms with Crippen molar-refractivity contribution in [2.45, 2.75) is 22.0 Å². The minimum Gasteiger partial charge on any atom is -0.325 e. The zero-order chi connectivity index (χ0) is 25.8. The first-order valence-corrected chi connectivity index (χ1v) is 13.1. The van der Waals surface area contributed by atoms with E-state index in [0.717, 1.165) is 23.9 Å². The van der Waals surface area contributed by atoms with Gasteiger partial charge in [-0.3, -0.25) is 9.36 Å². The molecule has 36 heavy (non-hydrogen) atoms. The lowest BCUT2D eigenvalue weighted by Crippen LogP contribution is -2.16. The molecule has 0 aliphatic rings. The predicted octanol–water partition coefficient (Wildman–Crippen LogP) is 4.99. The largest absolute Gasteiger partial charge is 0.416 e. The number of alkyl halides is 3. The molecular weight excluding hydrogens is 513 g/mol. The van der Waals surface area contributed by atoms with Gasteiger partial charge in [-0.1, -0.05) is 54.2 Å². The molecule has 0 fully saturated rings. The summed E-state index contributed by atoms with van der Waals surface area (Å²) in [4.78, 5) is 12.6. The zero-order valence-corrected chi connectivity index (χ0v) is 20.1. The van der Waals surface area contributed by atoms with E-state index in [4.69, 9.17) is 0 Å². The molecule has 7 nitrogen and oxygen atoms in total. The number of nitrogens with one attached hydrogen (secondary N) is 1. The SMILES string of the molecule is O=C(CSc1nnc(CS(=O)(=O)c2ccccc2)n1-c1ccccc1)Nc1cccc(C(F)(F)F)c1. The Hall–Kier alpha value is -3.64. The van der Waals surface area contributed by atoms with Gasteiger partial charge in [0.15, 0.2) is 20.8 Å². The van der Waals surface area contributed by atoms with Gasteiger partial charge in [0.25, 0.3) is 0 Å². The number of sulfone groups is 1. The molecule has 0 aliphatic carbocycles. The van der Waals surface area contributed by atoms with Crippen LogP contribution in [-0.2, 0) is 26.6 Å². The van der Waals surface area contributed by atoms with Crippen molar-refractivity contribution >= 4 is 33.2 Å². The van der Waals surface area contributed by atoms with E-state index in [1.54, 1.807) is 53.1 Å². The fourth-order valence-corrected chi connectivity index (χ4v) is 5.34. The maximum absolute atomic E-state index is 12.9. The maximum atomic E-state index is 12.9. The molecule has 1 aromatic heterocycles. The highest BCUT2D eigenvalue weighted by molar-refractivity contribution is 7.99. The van der Waals surface area contributed by atoms with Gasteiger partial charge in [0.1, 0.15) is 5.75 Å². The monoisotopic (exact) mass is 532 g/mol. The van der Waals surface area contributed by atoms with Crippen LogP contribution in [0.15, 0.2) is 95.0 Å². The second-order valence-corrected chi connectivity index (χ2v) is 10.5. The second-order valence-electron chi connectivity index (χ2n) is 7.56. The number of carbonyl (C=O) groups is 1. The van der Waals surface area contributed by atoms with E-state index in [1.165, 1.54) is 24.3 Å². The van der Waals surface area contributed by atoms with Crippen LogP contribution in [0.4, 0.5) is 18.9 Å². The smallest absolute Gasteiger partial charge is 0.325 e. The first-order chi connectivity index (χ1) is 17.1. The lowest BCUT2D eigenvalue weighted by atomic mass is 10.2. The van der Waals surface area contributed by atoms with Crippen molar-refractivity contribution in [1.82, 2.24) is 14.8 Å². The second kappa shape index (κ2) is 10.5. The summed E-state index contributed by atoms with van der Waals surface area (Å²) in [5, 5.41) is 10.8. The Bertz CT molecular complexity index is 1460. The Labute approximate surface area is 209 Å². The van der Waals surface area contributed by atoms with Crippen LogP contribution in [0.25, 0.3) is 5.69 Å². The van der Waals surface area contributed by atoms with Gasteiger partial charge in [0.2, 0.25) is 5.91 Å². The molecular formula is C24H19F3N4O3S2. The zero-order valence-electron chi connectivity index (χ0n) is 18.5. The molecule has 0 unspecified atom stereocenters. The summed E-state index contributed by atoms with van der Waals surface area (Å²) in [6.07, 6.45) is -4.53. The number of aromatic nitrogens is 3. The topological polar surface area (TPSA) is 94.0 Å². The summed E-state index contributed by atoms with van der Waals surface area (Å²) in [6.45, 7) is 0. The number of nitrogens with zero attached hydrogens (tertiary/aromatic N) is 3. The maximum Gasteiger partial charge on any atom is 0.416 e. The summed E-state index contributed by atoms with van der Waals surface area (Å²) in [7, 11) is -3.72. The van der Waals surface area contributed by atoms with E-state index in [2.05, 4.69) is 15.5 Å². The summed E-state index contributed by atoms with van der Waals surface area (Å²) in [6, 6.07) is 21.1. The van der Waals surface area contributed by atoms with Gasteiger partial charge in [-0.25, -0.2) is 8.42 Å². The molecule has 0 aliphatic heterocycles. The number of amides is 1. The third kappa shape index (κ3) is 6.13. The van der Waals surface area contributed by atoms with E-state index < -0.39 is 33.2 Å². The Balaban J connectivity index is 1.54. The Kier molecular flexibility index (Phi) is 7.45. The number of para-hydroxylation sites is 1. The first kappa shape index (κ1) is 25.5. The van der Waals surface area contributed by atoms with Gasteiger partial charge >= 0.3 is 6.18 Å². The van der Waals surface area contributed by atoms with Crippen molar-refractivity contribution < 1.29 is 26.4 Å². The Morgan fingerprint density at radius 3 is 2.25 bits per heavy atom. The summed E-state index contributed by atoms with van der Waals surface area (Å²) in [5.41, 5.74) is -0.266.